The van der Waals surface area contributed by atoms with Crippen LogP contribution in [0.5, 0.6) is 0 Å². The first kappa shape index (κ1) is 13.6. The number of para-hydroxylation sites is 1. The highest BCUT2D eigenvalue weighted by molar-refractivity contribution is 7.87. The molecule has 0 unspecified atom stereocenters. The molecule has 0 radical (unpaired) electrons. The number of hydrogen-bond donors (Lipinski definition) is 2. The van der Waals surface area contributed by atoms with E-state index < -0.39 is 10.3 Å². The Balaban J connectivity index is 2.24. The van der Waals surface area contributed by atoms with Crippen molar-refractivity contribution in [3.63, 3.8) is 0 Å². The monoisotopic (exact) mass is 299 g/mol. The number of fused-ring (bicyclic) bond motifs is 1. The standard InChI is InChI=1S/C16H13NO3S/c18-21(19,20)17-16-11-4-3-9-15(16)14-10-5-7-12-6-1-2-8-13(12)14/h1-11,17H,(H,18,19,20). The van der Waals surface area contributed by atoms with Crippen molar-refractivity contribution in [2.45, 2.75) is 0 Å². The molecule has 0 fully saturated rings. The van der Waals surface area contributed by atoms with E-state index in [1.54, 1.807) is 12.1 Å². The van der Waals surface area contributed by atoms with E-state index in [0.29, 0.717) is 11.3 Å². The Morgan fingerprint density at radius 2 is 1.38 bits per heavy atom. The van der Waals surface area contributed by atoms with E-state index in [4.69, 9.17) is 4.55 Å². The molecular formula is C16H13NO3S. The lowest BCUT2D eigenvalue weighted by atomic mass is 9.97. The van der Waals surface area contributed by atoms with Gasteiger partial charge < -0.3 is 0 Å². The smallest absolute Gasteiger partial charge is 0.269 e. The lowest BCUT2D eigenvalue weighted by Crippen LogP contribution is -2.11. The number of nitrogens with one attached hydrogen (secondary N) is 1. The van der Waals surface area contributed by atoms with Gasteiger partial charge in [0.25, 0.3) is 0 Å². The van der Waals surface area contributed by atoms with Gasteiger partial charge in [0.1, 0.15) is 0 Å². The van der Waals surface area contributed by atoms with Crippen LogP contribution < -0.4 is 4.72 Å². The largest absolute Gasteiger partial charge is 0.357 e. The van der Waals surface area contributed by atoms with Gasteiger partial charge in [0.05, 0.1) is 5.69 Å². The minimum atomic E-state index is -4.31. The molecule has 0 aliphatic rings. The summed E-state index contributed by atoms with van der Waals surface area (Å²) in [5.41, 5.74) is 1.96. The Morgan fingerprint density at radius 1 is 0.762 bits per heavy atom. The summed E-state index contributed by atoms with van der Waals surface area (Å²) >= 11 is 0. The molecule has 0 heterocycles. The zero-order valence-corrected chi connectivity index (χ0v) is 11.8. The second-order valence-corrected chi connectivity index (χ2v) is 5.80. The maximum atomic E-state index is 11.1. The molecule has 5 heteroatoms. The highest BCUT2D eigenvalue weighted by Gasteiger charge is 2.11. The second kappa shape index (κ2) is 5.20. The molecule has 4 nitrogen and oxygen atoms in total. The Bertz CT molecular complexity index is 899. The molecule has 0 aromatic heterocycles. The first-order valence-electron chi connectivity index (χ1n) is 6.37. The molecular weight excluding hydrogens is 286 g/mol. The molecule has 0 aliphatic heterocycles. The molecule has 0 atom stereocenters. The summed E-state index contributed by atoms with van der Waals surface area (Å²) in [6.45, 7) is 0. The van der Waals surface area contributed by atoms with Gasteiger partial charge in [0, 0.05) is 5.56 Å². The van der Waals surface area contributed by atoms with Crippen LogP contribution >= 0.6 is 0 Å². The second-order valence-electron chi connectivity index (χ2n) is 4.65. The number of benzene rings is 3. The third kappa shape index (κ3) is 2.89. The van der Waals surface area contributed by atoms with Gasteiger partial charge in [-0.3, -0.25) is 9.27 Å². The fraction of sp³-hybridized carbons (Fsp3) is 0. The van der Waals surface area contributed by atoms with Crippen LogP contribution in [-0.2, 0) is 10.3 Å². The van der Waals surface area contributed by atoms with Gasteiger partial charge in [-0.1, -0.05) is 60.7 Å². The normalized spacial score (nSPS) is 11.5. The summed E-state index contributed by atoms with van der Waals surface area (Å²) in [6, 6.07) is 20.7. The molecule has 0 saturated heterocycles. The van der Waals surface area contributed by atoms with Crippen LogP contribution in [0.4, 0.5) is 5.69 Å². The number of rotatable bonds is 3. The molecule has 2 N–H and O–H groups in total. The van der Waals surface area contributed by atoms with Gasteiger partial charge in [-0.15, -0.1) is 0 Å². The summed E-state index contributed by atoms with van der Waals surface area (Å²) in [6.07, 6.45) is 0. The van der Waals surface area contributed by atoms with Crippen LogP contribution in [0.3, 0.4) is 0 Å². The molecule has 3 rings (SSSR count). The SMILES string of the molecule is O=S(=O)(O)Nc1ccccc1-c1cccc2ccccc12. The van der Waals surface area contributed by atoms with Crippen molar-refractivity contribution in [3.8, 4) is 11.1 Å². The zero-order valence-electron chi connectivity index (χ0n) is 11.0. The van der Waals surface area contributed by atoms with Crippen molar-refractivity contribution in [3.05, 3.63) is 66.7 Å². The van der Waals surface area contributed by atoms with Gasteiger partial charge in [-0.25, -0.2) is 0 Å². The lowest BCUT2D eigenvalue weighted by Gasteiger charge is -2.12. The predicted molar refractivity (Wildman–Crippen MR) is 84.6 cm³/mol. The van der Waals surface area contributed by atoms with Gasteiger partial charge in [0.2, 0.25) is 0 Å². The van der Waals surface area contributed by atoms with Crippen LogP contribution in [-0.4, -0.2) is 13.0 Å². The summed E-state index contributed by atoms with van der Waals surface area (Å²) in [7, 11) is -4.31. The van der Waals surface area contributed by atoms with E-state index >= 15 is 0 Å². The highest BCUT2D eigenvalue weighted by Crippen LogP contribution is 2.33. The molecule has 21 heavy (non-hydrogen) atoms. The third-order valence-electron chi connectivity index (χ3n) is 3.25. The Kier molecular flexibility index (Phi) is 3.37. The Hall–Kier alpha value is -2.37. The Morgan fingerprint density at radius 3 is 2.19 bits per heavy atom. The lowest BCUT2D eigenvalue weighted by molar-refractivity contribution is 0.490. The van der Waals surface area contributed by atoms with Crippen LogP contribution in [0.2, 0.25) is 0 Å². The molecule has 0 bridgehead atoms. The molecule has 0 spiro atoms. The van der Waals surface area contributed by atoms with Gasteiger partial charge >= 0.3 is 10.3 Å². The third-order valence-corrected chi connectivity index (χ3v) is 3.72. The van der Waals surface area contributed by atoms with Crippen LogP contribution in [0.15, 0.2) is 66.7 Å². The van der Waals surface area contributed by atoms with Crippen molar-refractivity contribution >= 4 is 26.8 Å². The topological polar surface area (TPSA) is 66.4 Å². The van der Waals surface area contributed by atoms with E-state index in [2.05, 4.69) is 4.72 Å². The fourth-order valence-corrected chi connectivity index (χ4v) is 2.86. The minimum absolute atomic E-state index is 0.344. The van der Waals surface area contributed by atoms with E-state index in [1.807, 2.05) is 54.6 Å². The molecule has 3 aromatic carbocycles. The van der Waals surface area contributed by atoms with Crippen molar-refractivity contribution in [1.82, 2.24) is 0 Å². The maximum Gasteiger partial charge on any atom is 0.357 e. The average molecular weight is 299 g/mol. The van der Waals surface area contributed by atoms with Gasteiger partial charge in [-0.2, -0.15) is 8.42 Å². The zero-order chi connectivity index (χ0) is 14.9. The van der Waals surface area contributed by atoms with Crippen molar-refractivity contribution in [2.75, 3.05) is 4.72 Å². The number of hydrogen-bond acceptors (Lipinski definition) is 2. The number of anilines is 1. The first-order chi connectivity index (χ1) is 10.0. The van der Waals surface area contributed by atoms with Crippen molar-refractivity contribution < 1.29 is 13.0 Å². The summed E-state index contributed by atoms with van der Waals surface area (Å²) in [4.78, 5) is 0. The van der Waals surface area contributed by atoms with Crippen molar-refractivity contribution in [2.24, 2.45) is 0 Å². The molecule has 0 amide bonds. The van der Waals surface area contributed by atoms with E-state index in [9.17, 15) is 8.42 Å². The Labute approximate surface area is 122 Å². The first-order valence-corrected chi connectivity index (χ1v) is 7.81. The van der Waals surface area contributed by atoms with Gasteiger partial charge in [0.15, 0.2) is 0 Å². The molecule has 0 saturated carbocycles. The average Bonchev–Trinajstić information content (AvgIpc) is 2.46. The van der Waals surface area contributed by atoms with E-state index in [1.165, 1.54) is 0 Å². The summed E-state index contributed by atoms with van der Waals surface area (Å²) < 4.78 is 33.3. The van der Waals surface area contributed by atoms with Crippen LogP contribution in [0, 0.1) is 0 Å². The molecule has 3 aromatic rings. The van der Waals surface area contributed by atoms with E-state index in [-0.39, 0.29) is 0 Å². The van der Waals surface area contributed by atoms with Crippen LogP contribution in [0.25, 0.3) is 21.9 Å². The quantitative estimate of drug-likeness (QED) is 0.724. The molecule has 106 valence electrons. The fourth-order valence-electron chi connectivity index (χ4n) is 2.41. The minimum Gasteiger partial charge on any atom is -0.269 e. The maximum absolute atomic E-state index is 11.1. The summed E-state index contributed by atoms with van der Waals surface area (Å²) in [5.74, 6) is 0. The van der Waals surface area contributed by atoms with Crippen molar-refractivity contribution in [1.29, 1.82) is 0 Å². The highest BCUT2D eigenvalue weighted by atomic mass is 32.2. The van der Waals surface area contributed by atoms with E-state index in [0.717, 1.165) is 16.3 Å². The summed E-state index contributed by atoms with van der Waals surface area (Å²) in [5, 5.41) is 2.08. The van der Waals surface area contributed by atoms with Gasteiger partial charge in [-0.05, 0) is 22.4 Å². The predicted octanol–water partition coefficient (Wildman–Crippen LogP) is 3.72. The molecule has 0 aliphatic carbocycles. The van der Waals surface area contributed by atoms with Crippen LogP contribution in [0.1, 0.15) is 0 Å².